The smallest absolute Gasteiger partial charge is 0.262 e. The molecule has 0 aliphatic carbocycles. The summed E-state index contributed by atoms with van der Waals surface area (Å²) < 4.78 is 23.9. The average molecular weight is 436 g/mol. The van der Waals surface area contributed by atoms with Gasteiger partial charge in [-0.15, -0.1) is 0 Å². The summed E-state index contributed by atoms with van der Waals surface area (Å²) in [5.41, 5.74) is 0.842. The number of rotatable bonds is 8. The van der Waals surface area contributed by atoms with Crippen LogP contribution in [0.4, 0.5) is 15.8 Å². The van der Waals surface area contributed by atoms with Gasteiger partial charge >= 0.3 is 0 Å². The lowest BCUT2D eigenvalue weighted by molar-refractivity contribution is -0.120. The average Bonchev–Trinajstić information content (AvgIpc) is 2.78. The minimum atomic E-state index is -0.879. The summed E-state index contributed by atoms with van der Waals surface area (Å²) >= 11 is 0. The van der Waals surface area contributed by atoms with Crippen LogP contribution in [0.1, 0.15) is 19.4 Å². The Morgan fingerprint density at radius 3 is 2.16 bits per heavy atom. The minimum Gasteiger partial charge on any atom is -0.493 e. The van der Waals surface area contributed by atoms with Gasteiger partial charge in [-0.2, -0.15) is 0 Å². The van der Waals surface area contributed by atoms with Crippen LogP contribution in [-0.2, 0) is 15.0 Å². The van der Waals surface area contributed by atoms with Crippen LogP contribution >= 0.6 is 0 Å². The van der Waals surface area contributed by atoms with Gasteiger partial charge in [-0.25, -0.2) is 4.39 Å². The maximum Gasteiger partial charge on any atom is 0.262 e. The van der Waals surface area contributed by atoms with Gasteiger partial charge in [-0.1, -0.05) is 30.3 Å². The van der Waals surface area contributed by atoms with Crippen LogP contribution in [0.15, 0.2) is 72.8 Å². The van der Waals surface area contributed by atoms with Crippen LogP contribution in [-0.4, -0.2) is 25.5 Å². The largest absolute Gasteiger partial charge is 0.493 e. The molecule has 3 aromatic rings. The molecule has 0 bridgehead atoms. The second-order valence-electron chi connectivity index (χ2n) is 7.65. The summed E-state index contributed by atoms with van der Waals surface area (Å²) in [6.45, 7) is 3.32. The molecule has 0 fully saturated rings. The molecule has 32 heavy (non-hydrogen) atoms. The standard InChI is InChI=1S/C25H25FN2O4/c1-25(2,17-11-13-18(26)14-12-17)24(30)28-20-8-6-7-19(15-20)27-23(29)16-32-22-10-5-4-9-21(22)31-3/h4-15H,16H2,1-3H3,(H,27,29)(H,28,30). The molecule has 0 saturated carbocycles. The Bertz CT molecular complexity index is 1100. The van der Waals surface area contributed by atoms with Crippen molar-refractivity contribution in [1.82, 2.24) is 0 Å². The van der Waals surface area contributed by atoms with Gasteiger partial charge in [0.2, 0.25) is 5.91 Å². The molecule has 2 amide bonds. The molecule has 0 atom stereocenters. The fourth-order valence-corrected chi connectivity index (χ4v) is 3.04. The van der Waals surface area contributed by atoms with Crippen LogP contribution in [0.3, 0.4) is 0 Å². The van der Waals surface area contributed by atoms with E-state index in [1.165, 1.54) is 19.2 Å². The Labute approximate surface area is 186 Å². The number of para-hydroxylation sites is 2. The van der Waals surface area contributed by atoms with E-state index in [4.69, 9.17) is 9.47 Å². The summed E-state index contributed by atoms with van der Waals surface area (Å²) in [7, 11) is 1.53. The Hall–Kier alpha value is -3.87. The first-order valence-corrected chi connectivity index (χ1v) is 10.0. The molecule has 2 N–H and O–H groups in total. The van der Waals surface area contributed by atoms with Gasteiger partial charge in [0.05, 0.1) is 12.5 Å². The third-order valence-corrected chi connectivity index (χ3v) is 4.97. The summed E-state index contributed by atoms with van der Waals surface area (Å²) in [6, 6.07) is 19.7. The first-order valence-electron chi connectivity index (χ1n) is 10.0. The minimum absolute atomic E-state index is 0.200. The van der Waals surface area contributed by atoms with Crippen molar-refractivity contribution in [2.24, 2.45) is 0 Å². The highest BCUT2D eigenvalue weighted by molar-refractivity contribution is 5.99. The number of halogens is 1. The zero-order valence-electron chi connectivity index (χ0n) is 18.1. The quantitative estimate of drug-likeness (QED) is 0.533. The molecule has 0 aromatic heterocycles. The molecule has 0 aliphatic heterocycles. The molecule has 0 aliphatic rings. The van der Waals surface area contributed by atoms with Gasteiger partial charge in [-0.05, 0) is 61.9 Å². The lowest BCUT2D eigenvalue weighted by Crippen LogP contribution is -2.34. The van der Waals surface area contributed by atoms with Gasteiger partial charge in [0, 0.05) is 11.4 Å². The number of anilines is 2. The van der Waals surface area contributed by atoms with Gasteiger partial charge in [0.1, 0.15) is 5.82 Å². The van der Waals surface area contributed by atoms with E-state index in [1.807, 2.05) is 6.07 Å². The highest BCUT2D eigenvalue weighted by Crippen LogP contribution is 2.27. The van der Waals surface area contributed by atoms with Crippen LogP contribution in [0.25, 0.3) is 0 Å². The second-order valence-corrected chi connectivity index (χ2v) is 7.65. The highest BCUT2D eigenvalue weighted by Gasteiger charge is 2.29. The molecule has 0 unspecified atom stereocenters. The number of ether oxygens (including phenoxy) is 2. The van der Waals surface area contributed by atoms with Crippen LogP contribution in [0.5, 0.6) is 11.5 Å². The lowest BCUT2D eigenvalue weighted by Gasteiger charge is -2.24. The fraction of sp³-hybridized carbons (Fsp3) is 0.200. The molecule has 0 heterocycles. The van der Waals surface area contributed by atoms with Crippen molar-refractivity contribution in [2.75, 3.05) is 24.4 Å². The van der Waals surface area contributed by atoms with Crippen molar-refractivity contribution in [3.8, 4) is 11.5 Å². The van der Waals surface area contributed by atoms with E-state index in [-0.39, 0.29) is 24.2 Å². The first kappa shape index (κ1) is 22.8. The number of nitrogens with one attached hydrogen (secondary N) is 2. The van der Waals surface area contributed by atoms with E-state index < -0.39 is 5.41 Å². The highest BCUT2D eigenvalue weighted by atomic mass is 19.1. The fourth-order valence-electron chi connectivity index (χ4n) is 3.04. The zero-order valence-corrected chi connectivity index (χ0v) is 18.1. The number of hydrogen-bond acceptors (Lipinski definition) is 4. The molecule has 166 valence electrons. The van der Waals surface area contributed by atoms with Gasteiger partial charge in [-0.3, -0.25) is 9.59 Å². The normalized spacial score (nSPS) is 10.9. The van der Waals surface area contributed by atoms with Gasteiger partial charge in [0.25, 0.3) is 5.91 Å². The maximum absolute atomic E-state index is 13.2. The third-order valence-electron chi connectivity index (χ3n) is 4.97. The lowest BCUT2D eigenvalue weighted by atomic mass is 9.83. The molecule has 3 rings (SSSR count). The van der Waals surface area contributed by atoms with E-state index in [2.05, 4.69) is 10.6 Å². The number of amides is 2. The number of methoxy groups -OCH3 is 1. The number of carbonyl (C=O) groups excluding carboxylic acids is 2. The summed E-state index contributed by atoms with van der Waals surface area (Å²) in [4.78, 5) is 25.1. The molecule has 3 aromatic carbocycles. The molecule has 0 saturated heterocycles. The van der Waals surface area contributed by atoms with Crippen molar-refractivity contribution in [1.29, 1.82) is 0 Å². The predicted molar refractivity (Wildman–Crippen MR) is 122 cm³/mol. The third kappa shape index (κ3) is 5.63. The summed E-state index contributed by atoms with van der Waals surface area (Å²) in [5.74, 6) is 0.0316. The first-order chi connectivity index (χ1) is 15.3. The zero-order chi connectivity index (χ0) is 23.1. The predicted octanol–water partition coefficient (Wildman–Crippen LogP) is 4.77. The number of benzene rings is 3. The SMILES string of the molecule is COc1ccccc1OCC(=O)Nc1cccc(NC(=O)C(C)(C)c2ccc(F)cc2)c1. The molecular formula is C25H25FN2O4. The van der Waals surface area contributed by atoms with Crippen molar-refractivity contribution in [2.45, 2.75) is 19.3 Å². The maximum atomic E-state index is 13.2. The van der Waals surface area contributed by atoms with Crippen molar-refractivity contribution in [3.63, 3.8) is 0 Å². The monoisotopic (exact) mass is 436 g/mol. The molecule has 0 radical (unpaired) electrons. The van der Waals surface area contributed by atoms with Crippen molar-refractivity contribution < 1.29 is 23.5 Å². The molecule has 6 nitrogen and oxygen atoms in total. The molecule has 7 heteroatoms. The van der Waals surface area contributed by atoms with Crippen LogP contribution < -0.4 is 20.1 Å². The van der Waals surface area contributed by atoms with Crippen LogP contribution in [0, 0.1) is 5.82 Å². The summed E-state index contributed by atoms with van der Waals surface area (Å²) in [6.07, 6.45) is 0. The topological polar surface area (TPSA) is 76.7 Å². The molecular weight excluding hydrogens is 411 g/mol. The Morgan fingerprint density at radius 2 is 1.50 bits per heavy atom. The Balaban J connectivity index is 1.61. The van der Waals surface area contributed by atoms with E-state index in [0.717, 1.165) is 0 Å². The van der Waals surface area contributed by atoms with Gasteiger partial charge < -0.3 is 20.1 Å². The molecule has 0 spiro atoms. The van der Waals surface area contributed by atoms with E-state index in [1.54, 1.807) is 68.4 Å². The number of hydrogen-bond donors (Lipinski definition) is 2. The van der Waals surface area contributed by atoms with Crippen LogP contribution in [0.2, 0.25) is 0 Å². The second kappa shape index (κ2) is 9.96. The van der Waals surface area contributed by atoms with E-state index in [9.17, 15) is 14.0 Å². The van der Waals surface area contributed by atoms with E-state index in [0.29, 0.717) is 28.4 Å². The Morgan fingerprint density at radius 1 is 0.875 bits per heavy atom. The summed E-state index contributed by atoms with van der Waals surface area (Å²) in [5, 5.41) is 5.59. The van der Waals surface area contributed by atoms with Crippen molar-refractivity contribution >= 4 is 23.2 Å². The van der Waals surface area contributed by atoms with Gasteiger partial charge in [0.15, 0.2) is 18.1 Å². The van der Waals surface area contributed by atoms with E-state index >= 15 is 0 Å². The van der Waals surface area contributed by atoms with Crippen molar-refractivity contribution in [3.05, 3.63) is 84.2 Å². The number of carbonyl (C=O) groups is 2. The Kier molecular flexibility index (Phi) is 7.10.